The molecule has 1 fully saturated rings. The van der Waals surface area contributed by atoms with Crippen LogP contribution in [0, 0.1) is 36.0 Å². The average molecular weight is 422 g/mol. The summed E-state index contributed by atoms with van der Waals surface area (Å²) in [4.78, 5) is 37.5. The van der Waals surface area contributed by atoms with E-state index in [4.69, 9.17) is 11.6 Å². The van der Waals surface area contributed by atoms with Crippen molar-refractivity contribution in [2.24, 2.45) is 24.8 Å². The molecule has 0 saturated carbocycles. The fourth-order valence-corrected chi connectivity index (χ4v) is 3.96. The quantitative estimate of drug-likeness (QED) is 0.592. The van der Waals surface area contributed by atoms with Gasteiger partial charge in [0.15, 0.2) is 5.78 Å². The molecular formula is C20H28ClN5O3. The number of Topliss-reactive ketones (excluding diaryl/α,β-unsaturated/α-hetero) is 1. The van der Waals surface area contributed by atoms with Crippen LogP contribution in [0.2, 0.25) is 5.02 Å². The summed E-state index contributed by atoms with van der Waals surface area (Å²) in [6.45, 7) is 6.24. The molecule has 8 nitrogen and oxygen atoms in total. The Balaban J connectivity index is 2.09. The molecule has 2 amide bonds. The van der Waals surface area contributed by atoms with E-state index in [1.807, 2.05) is 13.8 Å². The molecule has 1 aliphatic heterocycles. The number of nitrogens with zero attached hydrogens (tertiary/aromatic N) is 3. The summed E-state index contributed by atoms with van der Waals surface area (Å²) >= 11 is 6.21. The Morgan fingerprint density at radius 1 is 1.45 bits per heavy atom. The van der Waals surface area contributed by atoms with Crippen molar-refractivity contribution in [1.82, 2.24) is 20.4 Å². The molecule has 0 spiro atoms. The standard InChI is InChI=1S/C20H28ClN5O3/c1-11(2)7-14(9-16(27)18-17(21)12(3)25-26(18)4)20(29)24-15(10-22)8-13-5-6-23-19(13)28/h11,13-15H,5-9H2,1-4H3,(H,23,28)(H,24,29)/t13-,14+,15-/m0/s1. The number of nitrogens with one attached hydrogen (secondary N) is 2. The van der Waals surface area contributed by atoms with E-state index in [1.165, 1.54) is 4.68 Å². The maximum atomic E-state index is 12.9. The molecule has 1 saturated heterocycles. The third-order valence-corrected chi connectivity index (χ3v) is 5.58. The van der Waals surface area contributed by atoms with Gasteiger partial charge < -0.3 is 10.6 Å². The highest BCUT2D eigenvalue weighted by molar-refractivity contribution is 6.34. The van der Waals surface area contributed by atoms with Crippen LogP contribution in [0.5, 0.6) is 0 Å². The molecule has 2 N–H and O–H groups in total. The van der Waals surface area contributed by atoms with E-state index in [-0.39, 0.29) is 48.0 Å². The molecule has 2 rings (SSSR count). The number of hydrogen-bond acceptors (Lipinski definition) is 5. The van der Waals surface area contributed by atoms with Gasteiger partial charge in [-0.15, -0.1) is 0 Å². The van der Waals surface area contributed by atoms with E-state index in [2.05, 4.69) is 21.8 Å². The Kier molecular flexibility index (Phi) is 7.80. The second-order valence-electron chi connectivity index (χ2n) is 8.03. The molecule has 1 aromatic rings. The van der Waals surface area contributed by atoms with Crippen molar-refractivity contribution in [3.8, 4) is 6.07 Å². The van der Waals surface area contributed by atoms with E-state index < -0.39 is 12.0 Å². The summed E-state index contributed by atoms with van der Waals surface area (Å²) in [6, 6.07) is 1.29. The van der Waals surface area contributed by atoms with Crippen LogP contribution in [0.4, 0.5) is 0 Å². The summed E-state index contributed by atoms with van der Waals surface area (Å²) in [6.07, 6.45) is 1.39. The van der Waals surface area contributed by atoms with E-state index in [0.717, 1.165) is 0 Å². The topological polar surface area (TPSA) is 117 Å². The van der Waals surface area contributed by atoms with Crippen LogP contribution >= 0.6 is 11.6 Å². The maximum absolute atomic E-state index is 12.9. The molecule has 3 atom stereocenters. The molecule has 2 heterocycles. The molecule has 0 aliphatic carbocycles. The fourth-order valence-electron chi connectivity index (χ4n) is 3.70. The Bertz CT molecular complexity index is 827. The molecule has 1 aliphatic rings. The summed E-state index contributed by atoms with van der Waals surface area (Å²) in [7, 11) is 1.64. The minimum Gasteiger partial charge on any atom is -0.356 e. The van der Waals surface area contributed by atoms with Gasteiger partial charge in [0.25, 0.3) is 0 Å². The number of carbonyl (C=O) groups excluding carboxylic acids is 3. The van der Waals surface area contributed by atoms with Crippen LogP contribution < -0.4 is 10.6 Å². The summed E-state index contributed by atoms with van der Waals surface area (Å²) < 4.78 is 1.43. The van der Waals surface area contributed by atoms with Crippen LogP contribution in [-0.2, 0) is 16.6 Å². The predicted octanol–water partition coefficient (Wildman–Crippen LogP) is 2.15. The second-order valence-corrected chi connectivity index (χ2v) is 8.41. The zero-order valence-corrected chi connectivity index (χ0v) is 18.0. The zero-order chi connectivity index (χ0) is 21.7. The Morgan fingerprint density at radius 2 is 2.14 bits per heavy atom. The van der Waals surface area contributed by atoms with Gasteiger partial charge in [-0.1, -0.05) is 25.4 Å². The largest absolute Gasteiger partial charge is 0.356 e. The maximum Gasteiger partial charge on any atom is 0.224 e. The SMILES string of the molecule is Cc1nn(C)c(C(=O)C[C@@H](CC(C)C)C(=O)N[C@H](C#N)C[C@@H]2CCNC2=O)c1Cl. The van der Waals surface area contributed by atoms with Gasteiger partial charge in [-0.05, 0) is 32.1 Å². The molecule has 0 unspecified atom stereocenters. The zero-order valence-electron chi connectivity index (χ0n) is 17.3. The summed E-state index contributed by atoms with van der Waals surface area (Å²) in [5.74, 6) is -1.39. The van der Waals surface area contributed by atoms with Crippen LogP contribution in [0.1, 0.15) is 55.7 Å². The van der Waals surface area contributed by atoms with Gasteiger partial charge in [-0.25, -0.2) is 0 Å². The molecule has 0 aromatic carbocycles. The van der Waals surface area contributed by atoms with Crippen molar-refractivity contribution < 1.29 is 14.4 Å². The lowest BCUT2D eigenvalue weighted by Crippen LogP contribution is -2.41. The third-order valence-electron chi connectivity index (χ3n) is 5.13. The van der Waals surface area contributed by atoms with E-state index in [9.17, 15) is 19.6 Å². The van der Waals surface area contributed by atoms with Crippen molar-refractivity contribution in [1.29, 1.82) is 5.26 Å². The van der Waals surface area contributed by atoms with Gasteiger partial charge in [0, 0.05) is 31.8 Å². The van der Waals surface area contributed by atoms with Gasteiger partial charge in [-0.3, -0.25) is 19.1 Å². The third kappa shape index (κ3) is 5.80. The van der Waals surface area contributed by atoms with Crippen LogP contribution in [-0.4, -0.2) is 40.0 Å². The van der Waals surface area contributed by atoms with Crippen LogP contribution in [0.25, 0.3) is 0 Å². The number of rotatable bonds is 9. The Hall–Kier alpha value is -2.40. The minimum atomic E-state index is -0.774. The number of amides is 2. The number of halogens is 1. The lowest BCUT2D eigenvalue weighted by Gasteiger charge is -2.21. The van der Waals surface area contributed by atoms with Crippen molar-refractivity contribution in [3.05, 3.63) is 16.4 Å². The lowest BCUT2D eigenvalue weighted by molar-refractivity contribution is -0.127. The van der Waals surface area contributed by atoms with Gasteiger partial charge in [0.1, 0.15) is 11.7 Å². The number of ketones is 1. The van der Waals surface area contributed by atoms with E-state index in [1.54, 1.807) is 14.0 Å². The predicted molar refractivity (Wildman–Crippen MR) is 108 cm³/mol. The summed E-state index contributed by atoms with van der Waals surface area (Å²) in [5, 5.41) is 19.3. The first-order chi connectivity index (χ1) is 13.6. The minimum absolute atomic E-state index is 0.0230. The number of nitriles is 1. The second kappa shape index (κ2) is 9.88. The van der Waals surface area contributed by atoms with E-state index in [0.29, 0.717) is 30.1 Å². The first-order valence-electron chi connectivity index (χ1n) is 9.84. The average Bonchev–Trinajstić information content (AvgIpc) is 3.15. The van der Waals surface area contributed by atoms with Crippen LogP contribution in [0.15, 0.2) is 0 Å². The molecular weight excluding hydrogens is 394 g/mol. The Labute approximate surface area is 176 Å². The smallest absolute Gasteiger partial charge is 0.224 e. The molecule has 29 heavy (non-hydrogen) atoms. The molecule has 9 heteroatoms. The van der Waals surface area contributed by atoms with Crippen molar-refractivity contribution in [2.45, 2.75) is 52.5 Å². The number of carbonyl (C=O) groups is 3. The Morgan fingerprint density at radius 3 is 2.62 bits per heavy atom. The van der Waals surface area contributed by atoms with Crippen LogP contribution in [0.3, 0.4) is 0 Å². The molecule has 158 valence electrons. The highest BCUT2D eigenvalue weighted by Crippen LogP contribution is 2.25. The monoisotopic (exact) mass is 421 g/mol. The highest BCUT2D eigenvalue weighted by Gasteiger charge is 2.31. The van der Waals surface area contributed by atoms with Gasteiger partial charge >= 0.3 is 0 Å². The summed E-state index contributed by atoms with van der Waals surface area (Å²) in [5.41, 5.74) is 0.840. The first-order valence-corrected chi connectivity index (χ1v) is 10.2. The fraction of sp³-hybridized carbons (Fsp3) is 0.650. The molecule has 0 bridgehead atoms. The number of hydrogen-bond donors (Lipinski definition) is 2. The van der Waals surface area contributed by atoms with Crippen molar-refractivity contribution in [3.63, 3.8) is 0 Å². The lowest BCUT2D eigenvalue weighted by atomic mass is 9.90. The van der Waals surface area contributed by atoms with Gasteiger partial charge in [0.2, 0.25) is 11.8 Å². The number of aromatic nitrogens is 2. The normalized spacial score (nSPS) is 18.2. The van der Waals surface area contributed by atoms with Crippen molar-refractivity contribution >= 4 is 29.2 Å². The van der Waals surface area contributed by atoms with Crippen molar-refractivity contribution in [2.75, 3.05) is 6.54 Å². The highest BCUT2D eigenvalue weighted by atomic mass is 35.5. The molecule has 1 aromatic heterocycles. The van der Waals surface area contributed by atoms with Gasteiger partial charge in [0.05, 0.1) is 16.8 Å². The van der Waals surface area contributed by atoms with Gasteiger partial charge in [-0.2, -0.15) is 10.4 Å². The van der Waals surface area contributed by atoms with E-state index >= 15 is 0 Å². The first kappa shape index (κ1) is 22.9. The molecule has 0 radical (unpaired) electrons. The number of aryl methyl sites for hydroxylation is 2.